The Labute approximate surface area is 198 Å². The molecule has 1 amide bonds. The summed E-state index contributed by atoms with van der Waals surface area (Å²) in [6.07, 6.45) is 8.60. The Morgan fingerprint density at radius 3 is 2.68 bits per heavy atom. The number of nitrogens with zero attached hydrogens (tertiary/aromatic N) is 2. The van der Waals surface area contributed by atoms with E-state index in [-0.39, 0.29) is 35.5 Å². The van der Waals surface area contributed by atoms with Crippen molar-refractivity contribution in [1.29, 1.82) is 0 Å². The monoisotopic (exact) mass is 458 g/mol. The van der Waals surface area contributed by atoms with Gasteiger partial charge in [-0.15, -0.1) is 0 Å². The molecule has 0 radical (unpaired) electrons. The van der Waals surface area contributed by atoms with Gasteiger partial charge in [0, 0.05) is 42.9 Å². The van der Waals surface area contributed by atoms with Gasteiger partial charge in [0.1, 0.15) is 11.6 Å². The zero-order chi connectivity index (χ0) is 23.9. The van der Waals surface area contributed by atoms with E-state index in [1.54, 1.807) is 12.4 Å². The van der Waals surface area contributed by atoms with Crippen LogP contribution in [-0.4, -0.2) is 35.2 Å². The lowest BCUT2D eigenvalue weighted by Gasteiger charge is -2.35. The molecule has 1 aliphatic heterocycles. The van der Waals surface area contributed by atoms with Gasteiger partial charge in [0.05, 0.1) is 13.2 Å². The number of hydrogen-bond donors (Lipinski definition) is 0. The first-order chi connectivity index (χ1) is 16.5. The van der Waals surface area contributed by atoms with Crippen LogP contribution in [0.25, 0.3) is 0 Å². The molecule has 0 saturated heterocycles. The number of ether oxygens (including phenoxy) is 1. The fourth-order valence-corrected chi connectivity index (χ4v) is 4.36. The van der Waals surface area contributed by atoms with Crippen LogP contribution in [0.15, 0.2) is 85.2 Å². The van der Waals surface area contributed by atoms with Gasteiger partial charge < -0.3 is 9.64 Å². The van der Waals surface area contributed by atoms with E-state index in [2.05, 4.69) is 11.1 Å². The Balaban J connectivity index is 1.62. The molecule has 0 aliphatic carbocycles. The molecule has 0 fully saturated rings. The number of amides is 1. The van der Waals surface area contributed by atoms with Crippen LogP contribution < -0.4 is 4.74 Å². The lowest BCUT2D eigenvalue weighted by Crippen LogP contribution is -2.42. The van der Waals surface area contributed by atoms with E-state index in [1.165, 1.54) is 25.3 Å². The van der Waals surface area contributed by atoms with Crippen LogP contribution in [0.5, 0.6) is 5.75 Å². The van der Waals surface area contributed by atoms with E-state index >= 15 is 0 Å². The number of carbonyl (C=O) groups is 2. The molecule has 1 aliphatic rings. The third kappa shape index (κ3) is 5.57. The maximum absolute atomic E-state index is 14.0. The molecule has 0 spiro atoms. The number of aromatic nitrogens is 1. The van der Waals surface area contributed by atoms with Crippen molar-refractivity contribution < 1.29 is 18.7 Å². The molecule has 4 rings (SSSR count). The molecule has 2 aromatic carbocycles. The minimum atomic E-state index is -0.588. The molecule has 0 saturated carbocycles. The fraction of sp³-hybridized carbons (Fsp3) is 0.250. The Hall–Kier alpha value is -3.80. The number of ketones is 1. The fourth-order valence-electron chi connectivity index (χ4n) is 4.36. The Bertz CT molecular complexity index is 1160. The van der Waals surface area contributed by atoms with Crippen LogP contribution >= 0.6 is 0 Å². The Morgan fingerprint density at radius 1 is 1.12 bits per heavy atom. The van der Waals surface area contributed by atoms with E-state index in [9.17, 15) is 14.0 Å². The molecule has 6 heteroatoms. The average Bonchev–Trinajstić information content (AvgIpc) is 2.88. The normalized spacial score (nSPS) is 16.2. The maximum atomic E-state index is 14.0. The van der Waals surface area contributed by atoms with Crippen molar-refractivity contribution in [1.82, 2.24) is 9.88 Å². The summed E-state index contributed by atoms with van der Waals surface area (Å²) < 4.78 is 19.1. The first-order valence-electron chi connectivity index (χ1n) is 11.3. The van der Waals surface area contributed by atoms with Gasteiger partial charge in [-0.05, 0) is 42.2 Å². The molecule has 2 heterocycles. The van der Waals surface area contributed by atoms with Crippen molar-refractivity contribution in [2.45, 2.75) is 25.3 Å². The number of halogens is 1. The van der Waals surface area contributed by atoms with Crippen LogP contribution in [0, 0.1) is 11.7 Å². The minimum Gasteiger partial charge on any atom is -0.497 e. The highest BCUT2D eigenvalue weighted by atomic mass is 19.1. The largest absolute Gasteiger partial charge is 0.497 e. The smallest absolute Gasteiger partial charge is 0.227 e. The van der Waals surface area contributed by atoms with Crippen molar-refractivity contribution in [3.05, 3.63) is 108 Å². The van der Waals surface area contributed by atoms with E-state index in [0.29, 0.717) is 19.4 Å². The summed E-state index contributed by atoms with van der Waals surface area (Å²) in [4.78, 5) is 33.1. The molecule has 0 bridgehead atoms. The Morgan fingerprint density at radius 2 is 1.94 bits per heavy atom. The van der Waals surface area contributed by atoms with Crippen LogP contribution in [0.4, 0.5) is 4.39 Å². The van der Waals surface area contributed by atoms with Crippen LogP contribution in [0.3, 0.4) is 0 Å². The van der Waals surface area contributed by atoms with E-state index in [4.69, 9.17) is 4.74 Å². The van der Waals surface area contributed by atoms with E-state index in [0.717, 1.165) is 11.1 Å². The SMILES string of the molecule is COc1cc(F)cc(C(=O)CC(Cc2ccccc2)C(=O)N2CC=CCC2c2cccnc2)c1. The molecular weight excluding hydrogens is 431 g/mol. The molecule has 3 aromatic rings. The predicted molar refractivity (Wildman–Crippen MR) is 128 cm³/mol. The topological polar surface area (TPSA) is 59.5 Å². The number of hydrogen-bond acceptors (Lipinski definition) is 4. The van der Waals surface area contributed by atoms with Gasteiger partial charge in [-0.3, -0.25) is 14.6 Å². The predicted octanol–water partition coefficient (Wildman–Crippen LogP) is 5.19. The van der Waals surface area contributed by atoms with Crippen molar-refractivity contribution in [2.75, 3.05) is 13.7 Å². The average molecular weight is 459 g/mol. The summed E-state index contributed by atoms with van der Waals surface area (Å²) >= 11 is 0. The van der Waals surface area contributed by atoms with E-state index < -0.39 is 11.7 Å². The number of methoxy groups -OCH3 is 1. The number of benzene rings is 2. The Kier molecular flexibility index (Phi) is 7.48. The lowest BCUT2D eigenvalue weighted by atomic mass is 9.89. The van der Waals surface area contributed by atoms with Crippen molar-refractivity contribution in [3.63, 3.8) is 0 Å². The van der Waals surface area contributed by atoms with Gasteiger partial charge in [-0.1, -0.05) is 48.6 Å². The molecule has 2 atom stereocenters. The first kappa shape index (κ1) is 23.4. The first-order valence-corrected chi connectivity index (χ1v) is 11.3. The zero-order valence-electron chi connectivity index (χ0n) is 19.1. The standard InChI is InChI=1S/C28H27FN2O3/c1-34-25-16-22(15-24(29)18-25)27(32)17-23(14-20-8-3-2-4-9-20)28(33)31-13-6-5-11-26(31)21-10-7-12-30-19-21/h2-10,12,15-16,18-19,23,26H,11,13-14,17H2,1H3. The summed E-state index contributed by atoms with van der Waals surface area (Å²) in [6, 6.07) is 17.3. The third-order valence-corrected chi connectivity index (χ3v) is 6.09. The van der Waals surface area contributed by atoms with Crippen molar-refractivity contribution >= 4 is 11.7 Å². The number of carbonyl (C=O) groups excluding carboxylic acids is 2. The highest BCUT2D eigenvalue weighted by molar-refractivity contribution is 5.99. The van der Waals surface area contributed by atoms with Crippen molar-refractivity contribution in [2.24, 2.45) is 5.92 Å². The quantitative estimate of drug-likeness (QED) is 0.344. The molecule has 5 nitrogen and oxygen atoms in total. The summed E-state index contributed by atoms with van der Waals surface area (Å²) in [5.41, 5.74) is 2.13. The maximum Gasteiger partial charge on any atom is 0.227 e. The van der Waals surface area contributed by atoms with Crippen LogP contribution in [-0.2, 0) is 11.2 Å². The van der Waals surface area contributed by atoms with Crippen molar-refractivity contribution in [3.8, 4) is 5.75 Å². The highest BCUT2D eigenvalue weighted by Crippen LogP contribution is 2.31. The minimum absolute atomic E-state index is 0.0275. The second-order valence-electron chi connectivity index (χ2n) is 8.39. The summed E-state index contributed by atoms with van der Waals surface area (Å²) in [5.74, 6) is -1.26. The number of Topliss-reactive ketones (excluding diaryl/α,β-unsaturated/α-hetero) is 1. The molecule has 174 valence electrons. The molecule has 1 aromatic heterocycles. The van der Waals surface area contributed by atoms with Gasteiger partial charge in [0.25, 0.3) is 0 Å². The third-order valence-electron chi connectivity index (χ3n) is 6.09. The number of pyridine rings is 1. The lowest BCUT2D eigenvalue weighted by molar-refractivity contribution is -0.137. The second kappa shape index (κ2) is 10.9. The zero-order valence-corrected chi connectivity index (χ0v) is 19.1. The molecule has 2 unspecified atom stereocenters. The summed E-state index contributed by atoms with van der Waals surface area (Å²) in [6.45, 7) is 0.464. The highest BCUT2D eigenvalue weighted by Gasteiger charge is 2.32. The summed E-state index contributed by atoms with van der Waals surface area (Å²) in [7, 11) is 1.42. The molecule has 0 N–H and O–H groups in total. The molecular formula is C28H27FN2O3. The molecule has 34 heavy (non-hydrogen) atoms. The van der Waals surface area contributed by atoms with Gasteiger partial charge in [0.15, 0.2) is 5.78 Å². The number of rotatable bonds is 8. The second-order valence-corrected chi connectivity index (χ2v) is 8.39. The van der Waals surface area contributed by atoms with Gasteiger partial charge >= 0.3 is 0 Å². The van der Waals surface area contributed by atoms with E-state index in [1.807, 2.05) is 53.4 Å². The summed E-state index contributed by atoms with van der Waals surface area (Å²) in [5, 5.41) is 0. The van der Waals surface area contributed by atoms with Crippen LogP contribution in [0.2, 0.25) is 0 Å². The van der Waals surface area contributed by atoms with Gasteiger partial charge in [-0.25, -0.2) is 4.39 Å². The van der Waals surface area contributed by atoms with Gasteiger partial charge in [0.2, 0.25) is 5.91 Å². The van der Waals surface area contributed by atoms with Gasteiger partial charge in [-0.2, -0.15) is 0 Å². The van der Waals surface area contributed by atoms with Crippen LogP contribution in [0.1, 0.15) is 40.4 Å².